The standard InChI is InChI=1S/C28H27FN4O5/c1-2-37-28(36)15-14-27(35)32(18-23-9-6-16-38-23)19-26(34)30-25-17-24(20-7-4-3-5-8-20)31-33(25)22-12-10-21(29)11-13-22/h3-13,16-17H,2,14-15,18-19H2,1H3,(H,30,34). The van der Waals surface area contributed by atoms with Gasteiger partial charge < -0.3 is 19.4 Å². The third-order valence-electron chi connectivity index (χ3n) is 5.58. The molecule has 2 heterocycles. The molecule has 4 rings (SSSR count). The summed E-state index contributed by atoms with van der Waals surface area (Å²) >= 11 is 0. The minimum absolute atomic E-state index is 0.0502. The monoisotopic (exact) mass is 518 g/mol. The Bertz CT molecular complexity index is 1370. The number of esters is 1. The maximum Gasteiger partial charge on any atom is 0.306 e. The first kappa shape index (κ1) is 26.3. The molecule has 0 fully saturated rings. The number of furan rings is 1. The summed E-state index contributed by atoms with van der Waals surface area (Å²) in [6.45, 7) is 1.66. The van der Waals surface area contributed by atoms with Crippen molar-refractivity contribution in [1.29, 1.82) is 0 Å². The zero-order valence-electron chi connectivity index (χ0n) is 20.8. The Hall–Kier alpha value is -4.73. The molecule has 0 bridgehead atoms. The van der Waals surface area contributed by atoms with Crippen LogP contribution >= 0.6 is 0 Å². The van der Waals surface area contributed by atoms with Crippen LogP contribution in [-0.2, 0) is 25.7 Å². The number of ether oxygens (including phenoxy) is 1. The van der Waals surface area contributed by atoms with Crippen molar-refractivity contribution in [3.8, 4) is 16.9 Å². The normalized spacial score (nSPS) is 10.7. The number of hydrogen-bond donors (Lipinski definition) is 1. The summed E-state index contributed by atoms with van der Waals surface area (Å²) in [4.78, 5) is 39.1. The van der Waals surface area contributed by atoms with E-state index in [1.54, 1.807) is 37.3 Å². The lowest BCUT2D eigenvalue weighted by Gasteiger charge is -2.21. The average molecular weight is 519 g/mol. The second-order valence-electron chi connectivity index (χ2n) is 8.35. The van der Waals surface area contributed by atoms with Gasteiger partial charge in [-0.15, -0.1) is 0 Å². The number of aromatic nitrogens is 2. The molecule has 0 aliphatic heterocycles. The minimum Gasteiger partial charge on any atom is -0.467 e. The molecule has 2 aromatic carbocycles. The number of anilines is 1. The fourth-order valence-electron chi connectivity index (χ4n) is 3.78. The van der Waals surface area contributed by atoms with Gasteiger partial charge in [-0.2, -0.15) is 5.10 Å². The Morgan fingerprint density at radius 2 is 1.79 bits per heavy atom. The van der Waals surface area contributed by atoms with E-state index in [1.165, 1.54) is 28.0 Å². The van der Waals surface area contributed by atoms with Gasteiger partial charge in [0.15, 0.2) is 0 Å². The van der Waals surface area contributed by atoms with E-state index in [2.05, 4.69) is 10.4 Å². The van der Waals surface area contributed by atoms with E-state index in [-0.39, 0.29) is 32.5 Å². The number of amides is 2. The molecule has 4 aromatic rings. The van der Waals surface area contributed by atoms with Crippen molar-refractivity contribution >= 4 is 23.6 Å². The number of rotatable bonds is 11. The summed E-state index contributed by atoms with van der Waals surface area (Å²) in [6.07, 6.45) is 1.27. The zero-order valence-corrected chi connectivity index (χ0v) is 20.8. The molecule has 38 heavy (non-hydrogen) atoms. The number of carbonyl (C=O) groups is 3. The molecule has 9 nitrogen and oxygen atoms in total. The summed E-state index contributed by atoms with van der Waals surface area (Å²) in [6, 6.07) is 20.2. The Kier molecular flexibility index (Phi) is 8.65. The van der Waals surface area contributed by atoms with Crippen LogP contribution in [-0.4, -0.2) is 45.6 Å². The van der Waals surface area contributed by atoms with Crippen molar-refractivity contribution in [3.63, 3.8) is 0 Å². The van der Waals surface area contributed by atoms with Gasteiger partial charge in [0.1, 0.15) is 23.9 Å². The highest BCUT2D eigenvalue weighted by Gasteiger charge is 2.22. The van der Waals surface area contributed by atoms with Crippen LogP contribution in [0.1, 0.15) is 25.5 Å². The quantitative estimate of drug-likeness (QED) is 0.291. The molecular formula is C28H27FN4O5. The molecule has 196 valence electrons. The van der Waals surface area contributed by atoms with E-state index in [1.807, 2.05) is 30.3 Å². The van der Waals surface area contributed by atoms with Crippen LogP contribution in [0.25, 0.3) is 16.9 Å². The zero-order chi connectivity index (χ0) is 26.9. The maximum absolute atomic E-state index is 13.5. The number of carbonyl (C=O) groups excluding carboxylic acids is 3. The molecule has 0 aliphatic rings. The van der Waals surface area contributed by atoms with Gasteiger partial charge in [-0.25, -0.2) is 9.07 Å². The summed E-state index contributed by atoms with van der Waals surface area (Å²) in [5.74, 6) is -0.933. The van der Waals surface area contributed by atoms with Crippen molar-refractivity contribution in [2.45, 2.75) is 26.3 Å². The lowest BCUT2D eigenvalue weighted by atomic mass is 10.1. The van der Waals surface area contributed by atoms with Gasteiger partial charge in [-0.1, -0.05) is 30.3 Å². The molecule has 10 heteroatoms. The molecule has 0 saturated heterocycles. The van der Waals surface area contributed by atoms with E-state index in [0.717, 1.165) is 5.56 Å². The topological polar surface area (TPSA) is 107 Å². The van der Waals surface area contributed by atoms with Gasteiger partial charge in [0, 0.05) is 18.1 Å². The van der Waals surface area contributed by atoms with Crippen LogP contribution in [0, 0.1) is 5.82 Å². The second kappa shape index (κ2) is 12.5. The maximum atomic E-state index is 13.5. The van der Waals surface area contributed by atoms with Crippen molar-refractivity contribution < 1.29 is 27.9 Å². The van der Waals surface area contributed by atoms with Gasteiger partial charge in [0.25, 0.3) is 0 Å². The van der Waals surface area contributed by atoms with E-state index in [9.17, 15) is 18.8 Å². The number of hydrogen-bond acceptors (Lipinski definition) is 6. The lowest BCUT2D eigenvalue weighted by molar-refractivity contribution is -0.146. The predicted molar refractivity (Wildman–Crippen MR) is 138 cm³/mol. The average Bonchev–Trinajstić information content (AvgIpc) is 3.58. The molecule has 2 aromatic heterocycles. The first-order valence-electron chi connectivity index (χ1n) is 12.1. The molecular weight excluding hydrogens is 491 g/mol. The molecule has 0 atom stereocenters. The molecule has 0 saturated carbocycles. The minimum atomic E-state index is -0.486. The van der Waals surface area contributed by atoms with E-state index in [4.69, 9.17) is 9.15 Å². The van der Waals surface area contributed by atoms with Crippen molar-refractivity contribution in [2.24, 2.45) is 0 Å². The number of nitrogens with zero attached hydrogens (tertiary/aromatic N) is 3. The Balaban J connectivity index is 1.55. The summed E-state index contributed by atoms with van der Waals surface area (Å²) < 4.78 is 25.3. The van der Waals surface area contributed by atoms with Crippen LogP contribution in [0.3, 0.4) is 0 Å². The first-order chi connectivity index (χ1) is 18.4. The van der Waals surface area contributed by atoms with Crippen LogP contribution in [0.15, 0.2) is 83.5 Å². The molecule has 0 aliphatic carbocycles. The van der Waals surface area contributed by atoms with Crippen molar-refractivity contribution in [1.82, 2.24) is 14.7 Å². The largest absolute Gasteiger partial charge is 0.467 e. The Morgan fingerprint density at radius 3 is 2.47 bits per heavy atom. The molecule has 0 radical (unpaired) electrons. The van der Waals surface area contributed by atoms with E-state index >= 15 is 0 Å². The van der Waals surface area contributed by atoms with Crippen LogP contribution in [0.2, 0.25) is 0 Å². The number of halogens is 1. The van der Waals surface area contributed by atoms with Gasteiger partial charge in [0.05, 0.1) is 37.2 Å². The predicted octanol–water partition coefficient (Wildman–Crippen LogP) is 4.58. The highest BCUT2D eigenvalue weighted by molar-refractivity contribution is 5.95. The fraction of sp³-hybridized carbons (Fsp3) is 0.214. The lowest BCUT2D eigenvalue weighted by Crippen LogP contribution is -2.38. The molecule has 0 spiro atoms. The molecule has 1 N–H and O–H groups in total. The second-order valence-corrected chi connectivity index (χ2v) is 8.35. The SMILES string of the molecule is CCOC(=O)CCC(=O)N(CC(=O)Nc1cc(-c2ccccc2)nn1-c1ccc(F)cc1)Cc1ccco1. The highest BCUT2D eigenvalue weighted by Crippen LogP contribution is 2.25. The van der Waals surface area contributed by atoms with E-state index in [0.29, 0.717) is 23.0 Å². The van der Waals surface area contributed by atoms with Crippen LogP contribution in [0.4, 0.5) is 10.2 Å². The van der Waals surface area contributed by atoms with Crippen LogP contribution in [0.5, 0.6) is 0 Å². The van der Waals surface area contributed by atoms with Crippen molar-refractivity contribution in [2.75, 3.05) is 18.5 Å². The highest BCUT2D eigenvalue weighted by atomic mass is 19.1. The summed E-state index contributed by atoms with van der Waals surface area (Å²) in [5.41, 5.74) is 1.97. The van der Waals surface area contributed by atoms with Gasteiger partial charge >= 0.3 is 5.97 Å². The van der Waals surface area contributed by atoms with Gasteiger partial charge in [0.2, 0.25) is 11.8 Å². The number of nitrogens with one attached hydrogen (secondary N) is 1. The fourth-order valence-corrected chi connectivity index (χ4v) is 3.78. The smallest absolute Gasteiger partial charge is 0.306 e. The van der Waals surface area contributed by atoms with E-state index < -0.39 is 23.6 Å². The van der Waals surface area contributed by atoms with Crippen molar-refractivity contribution in [3.05, 3.63) is 90.6 Å². The van der Waals surface area contributed by atoms with Gasteiger partial charge in [-0.3, -0.25) is 14.4 Å². The third-order valence-corrected chi connectivity index (χ3v) is 5.58. The van der Waals surface area contributed by atoms with Crippen LogP contribution < -0.4 is 5.32 Å². The molecule has 0 unspecified atom stereocenters. The first-order valence-corrected chi connectivity index (χ1v) is 12.1. The summed E-state index contributed by atoms with van der Waals surface area (Å²) in [5, 5.41) is 7.42. The van der Waals surface area contributed by atoms with Gasteiger partial charge in [-0.05, 0) is 43.3 Å². The number of benzene rings is 2. The summed E-state index contributed by atoms with van der Waals surface area (Å²) in [7, 11) is 0. The molecule has 2 amide bonds. The third kappa shape index (κ3) is 6.94. The Labute approximate surface area is 218 Å². The Morgan fingerprint density at radius 1 is 1.03 bits per heavy atom.